The molecule has 0 aromatic heterocycles. The van der Waals surface area contributed by atoms with E-state index in [-0.39, 0.29) is 0 Å². The zero-order valence-corrected chi connectivity index (χ0v) is 25.1. The Bertz CT molecular complexity index is 771. The molecule has 214 valence electrons. The van der Waals surface area contributed by atoms with Crippen molar-refractivity contribution >= 4 is 0 Å². The smallest absolute Gasteiger partial charge is 0.0723 e. The number of benzene rings is 2. The molecule has 2 rings (SSSR count). The predicted molar refractivity (Wildman–Crippen MR) is 164 cm³/mol. The first-order chi connectivity index (χ1) is 18.7. The van der Waals surface area contributed by atoms with Gasteiger partial charge in [0.2, 0.25) is 0 Å². The molecule has 2 aromatic rings. The van der Waals surface area contributed by atoms with Crippen molar-refractivity contribution in [1.29, 1.82) is 0 Å². The molecular weight excluding hydrogens is 468 g/mol. The summed E-state index contributed by atoms with van der Waals surface area (Å²) in [6, 6.07) is 17.3. The zero-order valence-electron chi connectivity index (χ0n) is 25.1. The monoisotopic (exact) mass is 524 g/mol. The van der Waals surface area contributed by atoms with Crippen LogP contribution in [0.5, 0.6) is 0 Å². The van der Waals surface area contributed by atoms with Crippen LogP contribution in [0.15, 0.2) is 48.5 Å². The third-order valence-corrected chi connectivity index (χ3v) is 7.36. The summed E-state index contributed by atoms with van der Waals surface area (Å²) in [5.41, 5.74) is 4.98. The van der Waals surface area contributed by atoms with Crippen molar-refractivity contribution in [3.63, 3.8) is 0 Å². The number of nitrogens with zero attached hydrogens (tertiary/aromatic N) is 2. The van der Waals surface area contributed by atoms with E-state index in [1.807, 2.05) is 0 Å². The normalized spacial score (nSPS) is 11.6. The average molecular weight is 525 g/mol. The Balaban J connectivity index is 1.78. The minimum absolute atomic E-state index is 0.638. The summed E-state index contributed by atoms with van der Waals surface area (Å²) in [6.07, 6.45) is 13.3. The minimum atomic E-state index is 0.638. The Kier molecular flexibility index (Phi) is 18.1. The van der Waals surface area contributed by atoms with E-state index in [1.54, 1.807) is 0 Å². The summed E-state index contributed by atoms with van der Waals surface area (Å²) in [7, 11) is 4.41. The maximum absolute atomic E-state index is 6.14. The fourth-order valence-corrected chi connectivity index (χ4v) is 4.82. The molecule has 4 heteroatoms. The fraction of sp³-hybridized carbons (Fsp3) is 0.647. The van der Waals surface area contributed by atoms with Crippen LogP contribution in [-0.2, 0) is 22.7 Å². The molecule has 0 radical (unpaired) electrons. The van der Waals surface area contributed by atoms with E-state index in [0.29, 0.717) is 13.2 Å². The summed E-state index contributed by atoms with van der Waals surface area (Å²) in [5.74, 6) is 0. The Morgan fingerprint density at radius 1 is 0.500 bits per heavy atom. The van der Waals surface area contributed by atoms with E-state index in [4.69, 9.17) is 9.47 Å². The van der Waals surface area contributed by atoms with Gasteiger partial charge in [0.05, 0.1) is 26.4 Å². The Morgan fingerprint density at radius 2 is 0.895 bits per heavy atom. The summed E-state index contributed by atoms with van der Waals surface area (Å²) in [5, 5.41) is 0. The van der Waals surface area contributed by atoms with Crippen LogP contribution >= 0.6 is 0 Å². The van der Waals surface area contributed by atoms with Gasteiger partial charge in [-0.15, -0.1) is 0 Å². The van der Waals surface area contributed by atoms with Crippen molar-refractivity contribution < 1.29 is 9.47 Å². The molecule has 0 saturated carbocycles. The van der Waals surface area contributed by atoms with E-state index in [0.717, 1.165) is 39.4 Å². The lowest BCUT2D eigenvalue weighted by Gasteiger charge is -2.18. The van der Waals surface area contributed by atoms with Crippen LogP contribution in [0.25, 0.3) is 11.1 Å². The maximum Gasteiger partial charge on any atom is 0.0723 e. The van der Waals surface area contributed by atoms with Crippen LogP contribution in [0.2, 0.25) is 0 Å². The van der Waals surface area contributed by atoms with Gasteiger partial charge in [-0.3, -0.25) is 0 Å². The van der Waals surface area contributed by atoms with Gasteiger partial charge in [0, 0.05) is 13.1 Å². The van der Waals surface area contributed by atoms with Gasteiger partial charge >= 0.3 is 0 Å². The molecule has 0 bridgehead atoms. The molecule has 0 aliphatic heterocycles. The molecule has 0 N–H and O–H groups in total. The van der Waals surface area contributed by atoms with Crippen LogP contribution in [-0.4, -0.2) is 63.3 Å². The van der Waals surface area contributed by atoms with Gasteiger partial charge < -0.3 is 19.3 Å². The summed E-state index contributed by atoms with van der Waals surface area (Å²) in [4.78, 5) is 4.79. The molecule has 2 aromatic carbocycles. The number of hydrogen-bond acceptors (Lipinski definition) is 4. The van der Waals surface area contributed by atoms with Crippen molar-refractivity contribution in [3.05, 3.63) is 59.7 Å². The second-order valence-electron chi connectivity index (χ2n) is 10.9. The topological polar surface area (TPSA) is 24.9 Å². The van der Waals surface area contributed by atoms with Crippen LogP contribution in [0.4, 0.5) is 0 Å². The Labute approximate surface area is 234 Å². The average Bonchev–Trinajstić information content (AvgIpc) is 2.94. The van der Waals surface area contributed by atoms with Gasteiger partial charge in [-0.2, -0.15) is 0 Å². The lowest BCUT2D eigenvalue weighted by atomic mass is 9.96. The van der Waals surface area contributed by atoms with Gasteiger partial charge in [0.25, 0.3) is 0 Å². The maximum atomic E-state index is 6.14. The standard InChI is InChI=1S/C34H56N2O2/c1-5-7-9-11-17-23-35(3)25-27-37-29-31-19-13-15-21-33(31)34-22-16-14-20-32(34)30-38-28-26-36(4)24-18-12-10-8-6-2/h13-16,19-22H,5-12,17-18,23-30H2,1-4H3. The molecule has 0 unspecified atom stereocenters. The highest BCUT2D eigenvalue weighted by Gasteiger charge is 2.10. The summed E-state index contributed by atoms with van der Waals surface area (Å²) < 4.78 is 12.3. The number of rotatable bonds is 23. The molecule has 4 nitrogen and oxygen atoms in total. The number of likely N-dealkylation sites (N-methyl/N-ethyl adjacent to an activating group) is 2. The van der Waals surface area contributed by atoms with Crippen LogP contribution < -0.4 is 0 Å². The Hall–Kier alpha value is -1.72. The zero-order chi connectivity index (χ0) is 27.3. The van der Waals surface area contributed by atoms with Crippen molar-refractivity contribution in [1.82, 2.24) is 9.80 Å². The molecule has 0 aliphatic carbocycles. The number of ether oxygens (including phenoxy) is 2. The molecule has 0 amide bonds. The quantitative estimate of drug-likeness (QED) is 0.137. The van der Waals surface area contributed by atoms with Crippen LogP contribution in [0.1, 0.15) is 89.2 Å². The number of unbranched alkanes of at least 4 members (excludes halogenated alkanes) is 8. The van der Waals surface area contributed by atoms with Crippen LogP contribution in [0, 0.1) is 0 Å². The first-order valence-corrected chi connectivity index (χ1v) is 15.3. The third kappa shape index (κ3) is 13.9. The van der Waals surface area contributed by atoms with E-state index >= 15 is 0 Å². The van der Waals surface area contributed by atoms with E-state index in [2.05, 4.69) is 86.3 Å². The molecule has 0 heterocycles. The second-order valence-corrected chi connectivity index (χ2v) is 10.9. The van der Waals surface area contributed by atoms with Gasteiger partial charge in [-0.25, -0.2) is 0 Å². The van der Waals surface area contributed by atoms with E-state index in [9.17, 15) is 0 Å². The first kappa shape index (κ1) is 32.5. The van der Waals surface area contributed by atoms with Crippen molar-refractivity contribution in [3.8, 4) is 11.1 Å². The van der Waals surface area contributed by atoms with Crippen molar-refractivity contribution in [2.75, 3.05) is 53.5 Å². The van der Waals surface area contributed by atoms with E-state index in [1.165, 1.54) is 86.5 Å². The van der Waals surface area contributed by atoms with Crippen molar-refractivity contribution in [2.24, 2.45) is 0 Å². The molecule has 0 atom stereocenters. The predicted octanol–water partition coefficient (Wildman–Crippen LogP) is 8.19. The third-order valence-electron chi connectivity index (χ3n) is 7.36. The second kappa shape index (κ2) is 21.1. The summed E-state index contributed by atoms with van der Waals surface area (Å²) >= 11 is 0. The highest BCUT2D eigenvalue weighted by atomic mass is 16.5. The largest absolute Gasteiger partial charge is 0.375 e. The fourth-order valence-electron chi connectivity index (χ4n) is 4.82. The van der Waals surface area contributed by atoms with Gasteiger partial charge in [-0.05, 0) is 62.3 Å². The first-order valence-electron chi connectivity index (χ1n) is 15.3. The van der Waals surface area contributed by atoms with Gasteiger partial charge in [-0.1, -0.05) is 114 Å². The molecular formula is C34H56N2O2. The summed E-state index contributed by atoms with van der Waals surface area (Å²) in [6.45, 7) is 11.6. The molecule has 0 aliphatic rings. The molecule has 38 heavy (non-hydrogen) atoms. The molecule has 0 saturated heterocycles. The lowest BCUT2D eigenvalue weighted by molar-refractivity contribution is 0.0985. The van der Waals surface area contributed by atoms with Crippen molar-refractivity contribution in [2.45, 2.75) is 91.3 Å². The van der Waals surface area contributed by atoms with E-state index < -0.39 is 0 Å². The van der Waals surface area contributed by atoms with Crippen LogP contribution in [0.3, 0.4) is 0 Å². The van der Waals surface area contributed by atoms with Gasteiger partial charge in [0.1, 0.15) is 0 Å². The SMILES string of the molecule is CCCCCCCN(C)CCOCc1ccccc1-c1ccccc1COCCN(C)CCCCCCC. The molecule has 0 fully saturated rings. The Morgan fingerprint density at radius 3 is 1.32 bits per heavy atom. The minimum Gasteiger partial charge on any atom is -0.375 e. The highest BCUT2D eigenvalue weighted by molar-refractivity contribution is 5.70. The lowest BCUT2D eigenvalue weighted by Crippen LogP contribution is -2.24. The highest BCUT2D eigenvalue weighted by Crippen LogP contribution is 2.28. The number of hydrogen-bond donors (Lipinski definition) is 0. The molecule has 0 spiro atoms. The van der Waals surface area contributed by atoms with Gasteiger partial charge in [0.15, 0.2) is 0 Å².